The summed E-state index contributed by atoms with van der Waals surface area (Å²) in [4.78, 5) is 27.2. The molecule has 0 fully saturated rings. The second-order valence-corrected chi connectivity index (χ2v) is 8.08. The molecule has 0 saturated heterocycles. The van der Waals surface area contributed by atoms with E-state index in [4.69, 9.17) is 28.3 Å². The summed E-state index contributed by atoms with van der Waals surface area (Å²) >= 11 is 12.1. The number of amides is 1. The molecule has 32 heavy (non-hydrogen) atoms. The number of allylic oxidation sites excluding steroid dienone is 1. The van der Waals surface area contributed by atoms with Gasteiger partial charge >= 0.3 is 5.97 Å². The zero-order chi connectivity index (χ0) is 22.7. The van der Waals surface area contributed by atoms with Gasteiger partial charge in [-0.05, 0) is 47.9 Å². The number of hydrogen-bond donors (Lipinski definition) is 3. The number of halogens is 2. The van der Waals surface area contributed by atoms with Crippen molar-refractivity contribution in [2.24, 2.45) is 0 Å². The number of aromatic nitrogens is 3. The maximum Gasteiger partial charge on any atom is 0.303 e. The van der Waals surface area contributed by atoms with Crippen LogP contribution in [0.1, 0.15) is 36.4 Å². The van der Waals surface area contributed by atoms with Crippen LogP contribution in [0.25, 0.3) is 5.70 Å². The van der Waals surface area contributed by atoms with Crippen molar-refractivity contribution in [1.82, 2.24) is 14.8 Å². The smallest absolute Gasteiger partial charge is 0.303 e. The molecule has 0 saturated carbocycles. The zero-order valence-electron chi connectivity index (χ0n) is 16.8. The summed E-state index contributed by atoms with van der Waals surface area (Å²) in [6.45, 7) is 0. The molecule has 2 aromatic carbocycles. The van der Waals surface area contributed by atoms with E-state index in [-0.39, 0.29) is 37.2 Å². The van der Waals surface area contributed by atoms with Gasteiger partial charge in [-0.2, -0.15) is 4.98 Å². The molecule has 1 aliphatic heterocycles. The number of carbonyl (C=O) groups excluding carboxylic acids is 1. The second kappa shape index (κ2) is 9.42. The Balaban J connectivity index is 1.62. The number of rotatable bonds is 7. The van der Waals surface area contributed by atoms with Gasteiger partial charge < -0.3 is 10.4 Å². The number of carbonyl (C=O) groups is 2. The Morgan fingerprint density at radius 2 is 1.69 bits per heavy atom. The normalized spacial score (nSPS) is 14.8. The predicted molar refractivity (Wildman–Crippen MR) is 123 cm³/mol. The van der Waals surface area contributed by atoms with Crippen LogP contribution >= 0.6 is 23.2 Å². The lowest BCUT2D eigenvalue weighted by atomic mass is 10.0. The van der Waals surface area contributed by atoms with Crippen LogP contribution in [-0.2, 0) is 9.59 Å². The molecular weight excluding hydrogens is 453 g/mol. The largest absolute Gasteiger partial charge is 0.481 e. The number of nitrogens with zero attached hydrogens (tertiary/aromatic N) is 3. The molecule has 0 aliphatic carbocycles. The molecule has 1 amide bonds. The van der Waals surface area contributed by atoms with Crippen molar-refractivity contribution in [3.8, 4) is 0 Å². The van der Waals surface area contributed by atoms with E-state index in [1.807, 2.05) is 30.3 Å². The molecule has 0 unspecified atom stereocenters. The highest BCUT2D eigenvalue weighted by Gasteiger charge is 2.26. The predicted octanol–water partition coefficient (Wildman–Crippen LogP) is 4.83. The van der Waals surface area contributed by atoms with Gasteiger partial charge in [-0.15, -0.1) is 5.10 Å². The summed E-state index contributed by atoms with van der Waals surface area (Å²) in [5, 5.41) is 20.3. The van der Waals surface area contributed by atoms with Crippen molar-refractivity contribution < 1.29 is 14.7 Å². The summed E-state index contributed by atoms with van der Waals surface area (Å²) in [6, 6.07) is 14.5. The van der Waals surface area contributed by atoms with E-state index in [0.29, 0.717) is 16.0 Å². The van der Waals surface area contributed by atoms with Crippen LogP contribution in [0.2, 0.25) is 10.0 Å². The van der Waals surface area contributed by atoms with Crippen molar-refractivity contribution in [3.63, 3.8) is 0 Å². The molecule has 4 rings (SSSR count). The molecule has 0 radical (unpaired) electrons. The van der Waals surface area contributed by atoms with E-state index in [0.717, 1.165) is 16.8 Å². The average Bonchev–Trinajstić information content (AvgIpc) is 3.16. The van der Waals surface area contributed by atoms with Gasteiger partial charge in [0.05, 0.1) is 0 Å². The van der Waals surface area contributed by atoms with Crippen molar-refractivity contribution in [3.05, 3.63) is 75.8 Å². The van der Waals surface area contributed by atoms with Gasteiger partial charge in [-0.25, -0.2) is 4.68 Å². The van der Waals surface area contributed by atoms with E-state index in [1.165, 1.54) is 0 Å². The van der Waals surface area contributed by atoms with Crippen molar-refractivity contribution >= 4 is 52.7 Å². The van der Waals surface area contributed by atoms with E-state index in [2.05, 4.69) is 20.7 Å². The van der Waals surface area contributed by atoms with Crippen molar-refractivity contribution in [2.45, 2.75) is 25.3 Å². The second-order valence-electron chi connectivity index (χ2n) is 7.21. The fourth-order valence-corrected chi connectivity index (χ4v) is 3.58. The minimum Gasteiger partial charge on any atom is -0.481 e. The first-order valence-corrected chi connectivity index (χ1v) is 10.6. The quantitative estimate of drug-likeness (QED) is 0.454. The Kier molecular flexibility index (Phi) is 6.43. The fraction of sp³-hybridized carbons (Fsp3) is 0.182. The minimum atomic E-state index is -0.941. The first-order valence-electron chi connectivity index (χ1n) is 9.87. The molecule has 1 aliphatic rings. The van der Waals surface area contributed by atoms with Gasteiger partial charge in [0.25, 0.3) is 5.95 Å². The van der Waals surface area contributed by atoms with Gasteiger partial charge in [-0.3, -0.25) is 14.9 Å². The summed E-state index contributed by atoms with van der Waals surface area (Å²) < 4.78 is 1.68. The van der Waals surface area contributed by atoms with Crippen LogP contribution in [0.15, 0.2) is 54.6 Å². The van der Waals surface area contributed by atoms with Gasteiger partial charge in [0.1, 0.15) is 6.04 Å². The number of fused-ring (bicyclic) bond motifs is 1. The van der Waals surface area contributed by atoms with Crippen LogP contribution in [-0.4, -0.2) is 31.7 Å². The van der Waals surface area contributed by atoms with Crippen LogP contribution in [0, 0.1) is 0 Å². The average molecular weight is 472 g/mol. The first kappa shape index (κ1) is 21.9. The SMILES string of the molecule is O=C(O)CCCC(=O)Nc1nc2n(n1)[C@@H](c1ccc(Cl)cc1)C=C(c1ccc(Cl)cc1)N2. The molecule has 1 atom stereocenters. The first-order chi connectivity index (χ1) is 15.4. The Bertz CT molecular complexity index is 1170. The lowest BCUT2D eigenvalue weighted by molar-refractivity contribution is -0.137. The van der Waals surface area contributed by atoms with Gasteiger partial charge in [-0.1, -0.05) is 47.5 Å². The topological polar surface area (TPSA) is 109 Å². The van der Waals surface area contributed by atoms with E-state index in [1.54, 1.807) is 28.9 Å². The number of hydrogen-bond acceptors (Lipinski definition) is 5. The molecular formula is C22H19Cl2N5O3. The molecule has 8 nitrogen and oxygen atoms in total. The van der Waals surface area contributed by atoms with Gasteiger partial charge in [0, 0.05) is 28.6 Å². The summed E-state index contributed by atoms with van der Waals surface area (Å²) in [5.41, 5.74) is 2.68. The molecule has 3 aromatic rings. The lowest BCUT2D eigenvalue weighted by Gasteiger charge is -2.24. The Morgan fingerprint density at radius 3 is 2.34 bits per heavy atom. The van der Waals surface area contributed by atoms with Crippen LogP contribution < -0.4 is 10.6 Å². The molecule has 0 bridgehead atoms. The number of anilines is 2. The minimum absolute atomic E-state index is 0.0679. The highest BCUT2D eigenvalue weighted by molar-refractivity contribution is 6.30. The number of benzene rings is 2. The van der Waals surface area contributed by atoms with E-state index < -0.39 is 5.97 Å². The monoisotopic (exact) mass is 471 g/mol. The molecule has 2 heterocycles. The van der Waals surface area contributed by atoms with Crippen molar-refractivity contribution in [2.75, 3.05) is 10.6 Å². The van der Waals surface area contributed by atoms with E-state index in [9.17, 15) is 9.59 Å². The molecule has 3 N–H and O–H groups in total. The molecule has 0 spiro atoms. The van der Waals surface area contributed by atoms with E-state index >= 15 is 0 Å². The molecule has 164 valence electrons. The highest BCUT2D eigenvalue weighted by atomic mass is 35.5. The Labute approximate surface area is 193 Å². The maximum atomic E-state index is 12.2. The van der Waals surface area contributed by atoms with Crippen LogP contribution in [0.4, 0.5) is 11.9 Å². The fourth-order valence-electron chi connectivity index (χ4n) is 3.33. The standard InChI is InChI=1S/C22H19Cl2N5O3/c23-15-8-4-13(5-9-15)17-12-18(14-6-10-16(24)11-7-14)29-22(25-17)27-21(28-29)26-19(30)2-1-3-20(31)32/h4-12,18H,1-3H2,(H,31,32)(H2,25,26,27,28,30)/t18-/m1/s1. The summed E-state index contributed by atoms with van der Waals surface area (Å²) in [7, 11) is 0. The maximum absolute atomic E-state index is 12.2. The zero-order valence-corrected chi connectivity index (χ0v) is 18.3. The summed E-state index contributed by atoms with van der Waals surface area (Å²) in [6.07, 6.45) is 2.24. The third-order valence-electron chi connectivity index (χ3n) is 4.88. The van der Waals surface area contributed by atoms with Crippen LogP contribution in [0.3, 0.4) is 0 Å². The third-order valence-corrected chi connectivity index (χ3v) is 5.38. The van der Waals surface area contributed by atoms with Gasteiger partial charge in [0.15, 0.2) is 0 Å². The molecule has 10 heteroatoms. The number of nitrogens with one attached hydrogen (secondary N) is 2. The van der Waals surface area contributed by atoms with Crippen LogP contribution in [0.5, 0.6) is 0 Å². The Hall–Kier alpha value is -3.36. The third kappa shape index (κ3) is 5.09. The van der Waals surface area contributed by atoms with Gasteiger partial charge in [0.2, 0.25) is 11.9 Å². The highest BCUT2D eigenvalue weighted by Crippen LogP contribution is 2.34. The summed E-state index contributed by atoms with van der Waals surface area (Å²) in [5.74, 6) is -0.692. The number of carboxylic acid groups (broad SMARTS) is 1. The number of carboxylic acids is 1. The lowest BCUT2D eigenvalue weighted by Crippen LogP contribution is -2.20. The molecule has 1 aromatic heterocycles. The van der Waals surface area contributed by atoms with Crippen molar-refractivity contribution in [1.29, 1.82) is 0 Å². The number of aliphatic carboxylic acids is 1. The Morgan fingerprint density at radius 1 is 1.03 bits per heavy atom.